The lowest BCUT2D eigenvalue weighted by atomic mass is 9.85. The van der Waals surface area contributed by atoms with Gasteiger partial charge in [-0.1, -0.05) is 18.2 Å². The van der Waals surface area contributed by atoms with E-state index in [-0.39, 0.29) is 17.2 Å². The van der Waals surface area contributed by atoms with Crippen molar-refractivity contribution in [2.45, 2.75) is 25.8 Å². The van der Waals surface area contributed by atoms with Crippen LogP contribution >= 0.6 is 0 Å². The van der Waals surface area contributed by atoms with E-state index in [9.17, 15) is 9.59 Å². The van der Waals surface area contributed by atoms with Gasteiger partial charge >= 0.3 is 0 Å². The first-order valence-electron chi connectivity index (χ1n) is 10.9. The molecule has 2 aliphatic rings. The van der Waals surface area contributed by atoms with Crippen LogP contribution in [0.15, 0.2) is 48.7 Å². The van der Waals surface area contributed by atoms with Crippen molar-refractivity contribution in [1.29, 1.82) is 0 Å². The zero-order chi connectivity index (χ0) is 21.7. The number of amides is 2. The average molecular weight is 423 g/mol. The second-order valence-electron chi connectivity index (χ2n) is 8.49. The predicted molar refractivity (Wildman–Crippen MR) is 117 cm³/mol. The van der Waals surface area contributed by atoms with E-state index in [0.717, 1.165) is 49.4 Å². The van der Waals surface area contributed by atoms with Gasteiger partial charge in [0.25, 0.3) is 0 Å². The summed E-state index contributed by atoms with van der Waals surface area (Å²) < 4.78 is 5.16. The number of nitrogens with one attached hydrogen (secondary N) is 1. The highest BCUT2D eigenvalue weighted by Gasteiger charge is 2.50. The van der Waals surface area contributed by atoms with Gasteiger partial charge < -0.3 is 15.0 Å². The van der Waals surface area contributed by atoms with E-state index in [0.29, 0.717) is 26.2 Å². The Kier molecular flexibility index (Phi) is 6.51. The molecule has 1 spiro atoms. The van der Waals surface area contributed by atoms with Gasteiger partial charge in [0.15, 0.2) is 0 Å². The van der Waals surface area contributed by atoms with Crippen LogP contribution in [0.2, 0.25) is 0 Å². The van der Waals surface area contributed by atoms with E-state index in [1.165, 1.54) is 0 Å². The standard InChI is InChI=1S/C24H30N4O3/c1-31-21-7-5-19(6-8-21)9-13-26-22(29)17-27-14-10-24(18-27)11-15-28(23(24)30)16-20-4-2-3-12-25-20/h2-8,12H,9-11,13-18H2,1H3,(H,26,29). The Hall–Kier alpha value is -2.93. The minimum absolute atomic E-state index is 0.0151. The Morgan fingerprint density at radius 1 is 1.16 bits per heavy atom. The van der Waals surface area contributed by atoms with Crippen LogP contribution in [0.25, 0.3) is 0 Å². The van der Waals surface area contributed by atoms with Crippen LogP contribution in [0.4, 0.5) is 0 Å². The Labute approximate surface area is 183 Å². The Morgan fingerprint density at radius 2 is 1.97 bits per heavy atom. The van der Waals surface area contributed by atoms with Crippen LogP contribution in [-0.2, 0) is 22.6 Å². The summed E-state index contributed by atoms with van der Waals surface area (Å²) >= 11 is 0. The van der Waals surface area contributed by atoms with Gasteiger partial charge in [-0.2, -0.15) is 0 Å². The van der Waals surface area contributed by atoms with Gasteiger partial charge in [0, 0.05) is 25.8 Å². The van der Waals surface area contributed by atoms with Crippen molar-refractivity contribution in [2.75, 3.05) is 39.8 Å². The van der Waals surface area contributed by atoms with Crippen molar-refractivity contribution >= 4 is 11.8 Å². The Balaban J connectivity index is 1.22. The molecule has 4 rings (SSSR count). The molecule has 3 heterocycles. The molecule has 2 saturated heterocycles. The van der Waals surface area contributed by atoms with Crippen molar-refractivity contribution in [1.82, 2.24) is 20.1 Å². The topological polar surface area (TPSA) is 74.8 Å². The Bertz CT molecular complexity index is 903. The molecule has 0 aliphatic carbocycles. The molecule has 1 N–H and O–H groups in total. The zero-order valence-corrected chi connectivity index (χ0v) is 18.0. The zero-order valence-electron chi connectivity index (χ0n) is 18.0. The molecule has 2 aliphatic heterocycles. The molecule has 0 radical (unpaired) electrons. The molecule has 164 valence electrons. The molecular formula is C24H30N4O3. The third kappa shape index (κ3) is 5.05. The number of carbonyl (C=O) groups is 2. The first kappa shape index (κ1) is 21.3. The van der Waals surface area contributed by atoms with E-state index < -0.39 is 0 Å². The van der Waals surface area contributed by atoms with Gasteiger partial charge in [-0.3, -0.25) is 19.5 Å². The smallest absolute Gasteiger partial charge is 0.234 e. The minimum atomic E-state index is -0.335. The van der Waals surface area contributed by atoms with Crippen molar-refractivity contribution in [3.05, 3.63) is 59.9 Å². The molecule has 2 aromatic rings. The largest absolute Gasteiger partial charge is 0.497 e. The molecule has 1 unspecified atom stereocenters. The maximum Gasteiger partial charge on any atom is 0.234 e. The molecule has 2 amide bonds. The van der Waals surface area contributed by atoms with Crippen LogP contribution in [-0.4, -0.2) is 66.4 Å². The van der Waals surface area contributed by atoms with Crippen LogP contribution in [0.1, 0.15) is 24.1 Å². The van der Waals surface area contributed by atoms with Gasteiger partial charge in [0.2, 0.25) is 11.8 Å². The fraction of sp³-hybridized carbons (Fsp3) is 0.458. The molecule has 31 heavy (non-hydrogen) atoms. The van der Waals surface area contributed by atoms with E-state index in [4.69, 9.17) is 4.74 Å². The second-order valence-corrected chi connectivity index (χ2v) is 8.49. The van der Waals surface area contributed by atoms with Gasteiger partial charge in [-0.15, -0.1) is 0 Å². The first-order chi connectivity index (χ1) is 15.1. The summed E-state index contributed by atoms with van der Waals surface area (Å²) in [6.45, 7) is 3.72. The molecule has 0 saturated carbocycles. The molecule has 2 fully saturated rings. The molecular weight excluding hydrogens is 392 g/mol. The number of methoxy groups -OCH3 is 1. The number of carbonyl (C=O) groups excluding carboxylic acids is 2. The van der Waals surface area contributed by atoms with E-state index in [1.807, 2.05) is 47.4 Å². The highest BCUT2D eigenvalue weighted by molar-refractivity contribution is 5.86. The third-order valence-electron chi connectivity index (χ3n) is 6.38. The van der Waals surface area contributed by atoms with Crippen molar-refractivity contribution in [2.24, 2.45) is 5.41 Å². The fourth-order valence-electron chi connectivity index (χ4n) is 4.60. The fourth-order valence-corrected chi connectivity index (χ4v) is 4.60. The number of benzene rings is 1. The monoisotopic (exact) mass is 422 g/mol. The number of rotatable bonds is 8. The summed E-state index contributed by atoms with van der Waals surface area (Å²) in [7, 11) is 1.65. The van der Waals surface area contributed by atoms with Crippen LogP contribution < -0.4 is 10.1 Å². The maximum absolute atomic E-state index is 13.1. The quantitative estimate of drug-likeness (QED) is 0.703. The molecule has 7 nitrogen and oxygen atoms in total. The summed E-state index contributed by atoms with van der Waals surface area (Å²) in [5, 5.41) is 3.00. The minimum Gasteiger partial charge on any atom is -0.497 e. The van der Waals surface area contributed by atoms with Gasteiger partial charge in [0.05, 0.1) is 31.3 Å². The summed E-state index contributed by atoms with van der Waals surface area (Å²) in [5.41, 5.74) is 1.74. The lowest BCUT2D eigenvalue weighted by Gasteiger charge is -2.23. The summed E-state index contributed by atoms with van der Waals surface area (Å²) in [4.78, 5) is 33.9. The summed E-state index contributed by atoms with van der Waals surface area (Å²) in [5.74, 6) is 1.05. The van der Waals surface area contributed by atoms with Crippen molar-refractivity contribution < 1.29 is 14.3 Å². The molecule has 0 bridgehead atoms. The highest BCUT2D eigenvalue weighted by atomic mass is 16.5. The van der Waals surface area contributed by atoms with Crippen molar-refractivity contribution in [3.63, 3.8) is 0 Å². The normalized spacial score (nSPS) is 21.1. The summed E-state index contributed by atoms with van der Waals surface area (Å²) in [6.07, 6.45) is 4.22. The number of ether oxygens (including phenoxy) is 1. The summed E-state index contributed by atoms with van der Waals surface area (Å²) in [6, 6.07) is 13.7. The number of hydrogen-bond acceptors (Lipinski definition) is 5. The number of nitrogens with zero attached hydrogens (tertiary/aromatic N) is 3. The van der Waals surface area contributed by atoms with Crippen LogP contribution in [0.5, 0.6) is 5.75 Å². The van der Waals surface area contributed by atoms with Crippen LogP contribution in [0, 0.1) is 5.41 Å². The van der Waals surface area contributed by atoms with Gasteiger partial charge in [0.1, 0.15) is 5.75 Å². The SMILES string of the molecule is COc1ccc(CCNC(=O)CN2CCC3(CCN(Cc4ccccn4)C3=O)C2)cc1. The number of likely N-dealkylation sites (tertiary alicyclic amines) is 2. The van der Waals surface area contributed by atoms with E-state index >= 15 is 0 Å². The highest BCUT2D eigenvalue weighted by Crippen LogP contribution is 2.40. The number of aromatic nitrogens is 1. The number of hydrogen-bond donors (Lipinski definition) is 1. The number of pyridine rings is 1. The van der Waals surface area contributed by atoms with Crippen LogP contribution in [0.3, 0.4) is 0 Å². The molecule has 7 heteroatoms. The van der Waals surface area contributed by atoms with E-state index in [2.05, 4.69) is 15.2 Å². The predicted octanol–water partition coefficient (Wildman–Crippen LogP) is 1.87. The third-order valence-corrected chi connectivity index (χ3v) is 6.38. The molecule has 1 aromatic carbocycles. The first-order valence-corrected chi connectivity index (χ1v) is 10.9. The maximum atomic E-state index is 13.1. The lowest BCUT2D eigenvalue weighted by Crippen LogP contribution is -2.40. The van der Waals surface area contributed by atoms with Gasteiger partial charge in [-0.25, -0.2) is 0 Å². The van der Waals surface area contributed by atoms with Crippen molar-refractivity contribution in [3.8, 4) is 5.75 Å². The molecule has 1 aromatic heterocycles. The molecule has 1 atom stereocenters. The van der Waals surface area contributed by atoms with E-state index in [1.54, 1.807) is 13.3 Å². The average Bonchev–Trinajstić information content (AvgIpc) is 3.33. The van der Waals surface area contributed by atoms with Gasteiger partial charge in [-0.05, 0) is 55.6 Å². The second kappa shape index (κ2) is 9.47. The lowest BCUT2D eigenvalue weighted by molar-refractivity contribution is -0.136. The Morgan fingerprint density at radius 3 is 2.71 bits per heavy atom.